The van der Waals surface area contributed by atoms with Crippen LogP contribution in [0.2, 0.25) is 5.02 Å². The van der Waals surface area contributed by atoms with Gasteiger partial charge in [0.05, 0.1) is 27.0 Å². The second-order valence-electron chi connectivity index (χ2n) is 7.73. The van der Waals surface area contributed by atoms with Crippen LogP contribution in [0.3, 0.4) is 0 Å². The molecule has 0 saturated carbocycles. The van der Waals surface area contributed by atoms with Crippen molar-refractivity contribution >= 4 is 22.6 Å². The molecule has 0 amide bonds. The lowest BCUT2D eigenvalue weighted by atomic mass is 10.0. The van der Waals surface area contributed by atoms with E-state index in [4.69, 9.17) is 20.8 Å². The maximum absolute atomic E-state index is 15.3. The first kappa shape index (κ1) is 22.5. The predicted molar refractivity (Wildman–Crippen MR) is 117 cm³/mol. The topological polar surface area (TPSA) is 64.4 Å². The number of oxazole rings is 1. The Morgan fingerprint density at radius 2 is 1.93 bits per heavy atom. The molecule has 1 aromatic heterocycles. The van der Waals surface area contributed by atoms with Crippen LogP contribution in [0.1, 0.15) is 45.7 Å². The van der Waals surface area contributed by atoms with Crippen LogP contribution in [0, 0.1) is 5.82 Å². The first-order valence-corrected chi connectivity index (χ1v) is 11.1. The molecule has 3 rings (SSSR count). The van der Waals surface area contributed by atoms with Gasteiger partial charge in [-0.15, -0.1) is 0 Å². The molecule has 2 atom stereocenters. The van der Waals surface area contributed by atoms with Crippen LogP contribution in [0.5, 0.6) is 11.5 Å². The van der Waals surface area contributed by atoms with Crippen LogP contribution in [0.15, 0.2) is 53.4 Å². The molecule has 1 N–H and O–H groups in total. The normalized spacial score (nSPS) is 13.8. The standard InChI is InChI=1S/C22H24ClFN2O3S/c1-5-18(26-30(27)22(2,3)4)16-10-11-17(23)21(20(16)24)29-15-8-6-14(7-9-15)19-12-25-13-28-19/h6-13,18,26H,5H2,1-4H3/t18-,30-/m1/s1. The number of nitrogens with zero attached hydrogens (tertiary/aromatic N) is 1. The number of rotatable bonds is 7. The number of benzene rings is 2. The Labute approximate surface area is 183 Å². The lowest BCUT2D eigenvalue weighted by Crippen LogP contribution is -2.35. The third-order valence-electron chi connectivity index (χ3n) is 4.46. The van der Waals surface area contributed by atoms with Crippen LogP contribution in [0.25, 0.3) is 11.3 Å². The molecule has 0 aliphatic carbocycles. The Morgan fingerprint density at radius 3 is 2.50 bits per heavy atom. The highest BCUT2D eigenvalue weighted by atomic mass is 35.5. The first-order chi connectivity index (χ1) is 14.2. The molecular weight excluding hydrogens is 427 g/mol. The average Bonchev–Trinajstić information content (AvgIpc) is 3.24. The van der Waals surface area contributed by atoms with Crippen molar-refractivity contribution in [2.75, 3.05) is 0 Å². The smallest absolute Gasteiger partial charge is 0.181 e. The second kappa shape index (κ2) is 9.29. The van der Waals surface area contributed by atoms with E-state index < -0.39 is 27.6 Å². The third kappa shape index (κ3) is 5.09. The number of ether oxygens (including phenoxy) is 1. The molecule has 2 aromatic carbocycles. The van der Waals surface area contributed by atoms with Crippen molar-refractivity contribution in [1.29, 1.82) is 0 Å². The van der Waals surface area contributed by atoms with Gasteiger partial charge in [-0.1, -0.05) is 24.6 Å². The molecular formula is C22H24ClFN2O3S. The summed E-state index contributed by atoms with van der Waals surface area (Å²) >= 11 is 6.22. The fraction of sp³-hybridized carbons (Fsp3) is 0.318. The molecule has 0 unspecified atom stereocenters. The summed E-state index contributed by atoms with van der Waals surface area (Å²) in [7, 11) is -1.35. The predicted octanol–water partition coefficient (Wildman–Crippen LogP) is 6.43. The zero-order chi connectivity index (χ0) is 21.9. The fourth-order valence-corrected chi connectivity index (χ4v) is 3.84. The summed E-state index contributed by atoms with van der Waals surface area (Å²) in [6, 6.07) is 9.71. The lowest BCUT2D eigenvalue weighted by Gasteiger charge is -2.24. The van der Waals surface area contributed by atoms with Gasteiger partial charge in [-0.25, -0.2) is 18.3 Å². The highest BCUT2D eigenvalue weighted by Gasteiger charge is 2.26. The van der Waals surface area contributed by atoms with Gasteiger partial charge < -0.3 is 9.15 Å². The van der Waals surface area contributed by atoms with E-state index in [1.165, 1.54) is 6.39 Å². The summed E-state index contributed by atoms with van der Waals surface area (Å²) in [5.74, 6) is 0.405. The van der Waals surface area contributed by atoms with E-state index >= 15 is 4.39 Å². The van der Waals surface area contributed by atoms with E-state index in [1.54, 1.807) is 42.6 Å². The minimum Gasteiger partial charge on any atom is -0.453 e. The maximum atomic E-state index is 15.3. The van der Waals surface area contributed by atoms with Gasteiger partial charge in [0.2, 0.25) is 0 Å². The second-order valence-corrected chi connectivity index (χ2v) is 10.1. The zero-order valence-corrected chi connectivity index (χ0v) is 18.8. The summed E-state index contributed by atoms with van der Waals surface area (Å²) in [6.45, 7) is 7.47. The quantitative estimate of drug-likeness (QED) is 0.450. The van der Waals surface area contributed by atoms with Crippen molar-refractivity contribution in [3.8, 4) is 22.8 Å². The Bertz CT molecular complexity index is 1020. The van der Waals surface area contributed by atoms with Gasteiger partial charge in [0.15, 0.2) is 23.7 Å². The summed E-state index contributed by atoms with van der Waals surface area (Å²) in [5, 5.41) is 0.155. The highest BCUT2D eigenvalue weighted by Crippen LogP contribution is 2.37. The molecule has 0 aliphatic heterocycles. The van der Waals surface area contributed by atoms with Gasteiger partial charge in [-0.05, 0) is 57.5 Å². The third-order valence-corrected chi connectivity index (χ3v) is 6.37. The molecule has 160 valence electrons. The van der Waals surface area contributed by atoms with E-state index in [0.29, 0.717) is 23.5 Å². The monoisotopic (exact) mass is 450 g/mol. The van der Waals surface area contributed by atoms with Crippen molar-refractivity contribution in [3.63, 3.8) is 0 Å². The fourth-order valence-electron chi connectivity index (χ4n) is 2.75. The Hall–Kier alpha value is -2.22. The summed E-state index contributed by atoms with van der Waals surface area (Å²) < 4.78 is 41.4. The first-order valence-electron chi connectivity index (χ1n) is 9.53. The van der Waals surface area contributed by atoms with Gasteiger partial charge in [0.25, 0.3) is 0 Å². The molecule has 0 radical (unpaired) electrons. The number of hydrogen-bond donors (Lipinski definition) is 1. The Kier molecular flexibility index (Phi) is 6.95. The summed E-state index contributed by atoms with van der Waals surface area (Å²) in [5.41, 5.74) is 1.17. The van der Waals surface area contributed by atoms with Gasteiger partial charge in [0, 0.05) is 17.2 Å². The number of aromatic nitrogens is 1. The van der Waals surface area contributed by atoms with Gasteiger partial charge in [-0.2, -0.15) is 0 Å². The van der Waals surface area contributed by atoms with Gasteiger partial charge in [0.1, 0.15) is 5.75 Å². The van der Waals surface area contributed by atoms with Gasteiger partial charge >= 0.3 is 0 Å². The summed E-state index contributed by atoms with van der Waals surface area (Å²) in [6.07, 6.45) is 3.51. The average molecular weight is 451 g/mol. The maximum Gasteiger partial charge on any atom is 0.181 e. The molecule has 8 heteroatoms. The highest BCUT2D eigenvalue weighted by molar-refractivity contribution is 7.84. The minimum atomic E-state index is -1.35. The Balaban J connectivity index is 1.86. The van der Waals surface area contributed by atoms with Crippen molar-refractivity contribution in [3.05, 3.63) is 65.4 Å². The van der Waals surface area contributed by atoms with E-state index in [1.807, 2.05) is 27.7 Å². The van der Waals surface area contributed by atoms with Crippen LogP contribution in [-0.2, 0) is 11.0 Å². The largest absolute Gasteiger partial charge is 0.453 e. The molecule has 0 bridgehead atoms. The molecule has 0 fully saturated rings. The molecule has 0 saturated heterocycles. The van der Waals surface area contributed by atoms with Crippen molar-refractivity contribution < 1.29 is 17.8 Å². The molecule has 1 heterocycles. The molecule has 0 aliphatic rings. The molecule has 3 aromatic rings. The van der Waals surface area contributed by atoms with Crippen molar-refractivity contribution in [1.82, 2.24) is 9.71 Å². The van der Waals surface area contributed by atoms with Crippen LogP contribution in [0.4, 0.5) is 4.39 Å². The summed E-state index contributed by atoms with van der Waals surface area (Å²) in [4.78, 5) is 3.89. The number of nitrogens with one attached hydrogen (secondary N) is 1. The van der Waals surface area contributed by atoms with Gasteiger partial charge in [-0.3, -0.25) is 0 Å². The van der Waals surface area contributed by atoms with E-state index in [2.05, 4.69) is 9.71 Å². The SMILES string of the molecule is CC[C@@H](N[S@](=O)C(C)(C)C)c1ccc(Cl)c(Oc2ccc(-c3cnco3)cc2)c1F. The Morgan fingerprint density at radius 1 is 1.23 bits per heavy atom. The number of hydrogen-bond acceptors (Lipinski definition) is 4. The minimum absolute atomic E-state index is 0.0663. The molecule has 30 heavy (non-hydrogen) atoms. The van der Waals surface area contributed by atoms with Crippen molar-refractivity contribution in [2.45, 2.75) is 44.9 Å². The lowest BCUT2D eigenvalue weighted by molar-refractivity contribution is 0.432. The van der Waals surface area contributed by atoms with E-state index in [-0.39, 0.29) is 10.8 Å². The molecule has 0 spiro atoms. The van der Waals surface area contributed by atoms with Crippen LogP contribution >= 0.6 is 11.6 Å². The van der Waals surface area contributed by atoms with E-state index in [9.17, 15) is 4.21 Å². The van der Waals surface area contributed by atoms with Crippen LogP contribution in [-0.4, -0.2) is 13.9 Å². The number of halogens is 2. The van der Waals surface area contributed by atoms with E-state index in [0.717, 1.165) is 5.56 Å². The van der Waals surface area contributed by atoms with Crippen molar-refractivity contribution in [2.24, 2.45) is 0 Å². The van der Waals surface area contributed by atoms with Crippen LogP contribution < -0.4 is 9.46 Å². The zero-order valence-electron chi connectivity index (χ0n) is 17.2. The molecule has 5 nitrogen and oxygen atoms in total.